The summed E-state index contributed by atoms with van der Waals surface area (Å²) in [4.78, 5) is 22.2. The van der Waals surface area contributed by atoms with E-state index < -0.39 is 17.9 Å². The Morgan fingerprint density at radius 1 is 1.60 bits per heavy atom. The maximum absolute atomic E-state index is 11.5. The molecule has 82 valence electrons. The molecule has 15 heavy (non-hydrogen) atoms. The molecule has 1 amide bonds. The Kier molecular flexibility index (Phi) is 3.91. The van der Waals surface area contributed by atoms with Gasteiger partial charge in [-0.05, 0) is 12.5 Å². The van der Waals surface area contributed by atoms with Gasteiger partial charge in [-0.3, -0.25) is 4.79 Å². The van der Waals surface area contributed by atoms with Crippen LogP contribution < -0.4 is 5.32 Å². The van der Waals surface area contributed by atoms with Crippen molar-refractivity contribution in [1.82, 2.24) is 5.32 Å². The molecule has 1 unspecified atom stereocenters. The molecule has 5 nitrogen and oxygen atoms in total. The molecule has 0 aliphatic heterocycles. The molecule has 0 saturated carbocycles. The first kappa shape index (κ1) is 11.3. The van der Waals surface area contributed by atoms with E-state index in [-0.39, 0.29) is 0 Å². The molecule has 1 rings (SSSR count). The lowest BCUT2D eigenvalue weighted by Crippen LogP contribution is -2.40. The molecule has 1 atom stereocenters. The van der Waals surface area contributed by atoms with Crippen molar-refractivity contribution in [1.29, 1.82) is 0 Å². The Labute approximate surface area is 87.1 Å². The van der Waals surface area contributed by atoms with Gasteiger partial charge in [0.15, 0.2) is 0 Å². The third-order valence-corrected chi connectivity index (χ3v) is 1.96. The summed E-state index contributed by atoms with van der Waals surface area (Å²) in [5.74, 6) is -1.45. The minimum absolute atomic E-state index is 0.331. The van der Waals surface area contributed by atoms with Crippen molar-refractivity contribution in [3.8, 4) is 0 Å². The largest absolute Gasteiger partial charge is 0.480 e. The van der Waals surface area contributed by atoms with E-state index in [0.717, 1.165) is 0 Å². The lowest BCUT2D eigenvalue weighted by atomic mass is 10.1. The zero-order chi connectivity index (χ0) is 11.3. The Morgan fingerprint density at radius 3 is 2.80 bits per heavy atom. The van der Waals surface area contributed by atoms with E-state index in [2.05, 4.69) is 5.32 Å². The van der Waals surface area contributed by atoms with Gasteiger partial charge in [0, 0.05) is 0 Å². The molecule has 0 aliphatic carbocycles. The summed E-state index contributed by atoms with van der Waals surface area (Å²) in [6, 6.07) is 0.651. The quantitative estimate of drug-likeness (QED) is 0.768. The zero-order valence-corrected chi connectivity index (χ0v) is 8.40. The van der Waals surface area contributed by atoms with Gasteiger partial charge in [-0.1, -0.05) is 13.3 Å². The van der Waals surface area contributed by atoms with Crippen LogP contribution in [0.5, 0.6) is 0 Å². The molecule has 0 spiro atoms. The van der Waals surface area contributed by atoms with Gasteiger partial charge in [0.05, 0.1) is 11.8 Å². The predicted molar refractivity (Wildman–Crippen MR) is 52.5 cm³/mol. The maximum atomic E-state index is 11.5. The number of rotatable bonds is 5. The van der Waals surface area contributed by atoms with Gasteiger partial charge < -0.3 is 14.8 Å². The van der Waals surface area contributed by atoms with Crippen LogP contribution in [-0.4, -0.2) is 23.0 Å². The minimum Gasteiger partial charge on any atom is -0.480 e. The molecule has 0 bridgehead atoms. The standard InChI is InChI=1S/C10H13NO4/c1-2-3-8(10(13)14)11-9(12)7-4-5-15-6-7/h4-6,8H,2-3H2,1H3,(H,11,12)(H,13,14). The molecule has 1 heterocycles. The van der Waals surface area contributed by atoms with Crippen molar-refractivity contribution in [3.05, 3.63) is 24.2 Å². The Hall–Kier alpha value is -1.78. The SMILES string of the molecule is CCCC(NC(=O)c1ccoc1)C(=O)O. The van der Waals surface area contributed by atoms with Crippen molar-refractivity contribution in [2.24, 2.45) is 0 Å². The molecule has 0 radical (unpaired) electrons. The first-order valence-electron chi connectivity index (χ1n) is 4.71. The number of hydrogen-bond acceptors (Lipinski definition) is 3. The smallest absolute Gasteiger partial charge is 0.326 e. The summed E-state index contributed by atoms with van der Waals surface area (Å²) < 4.78 is 4.73. The molecule has 0 aliphatic rings. The van der Waals surface area contributed by atoms with Crippen LogP contribution in [0.2, 0.25) is 0 Å². The zero-order valence-electron chi connectivity index (χ0n) is 8.40. The third kappa shape index (κ3) is 3.12. The third-order valence-electron chi connectivity index (χ3n) is 1.96. The second-order valence-electron chi connectivity index (χ2n) is 3.16. The molecule has 5 heteroatoms. The number of carboxylic acids is 1. The highest BCUT2D eigenvalue weighted by Crippen LogP contribution is 2.02. The van der Waals surface area contributed by atoms with Crippen LogP contribution in [0.15, 0.2) is 23.0 Å². The molecule has 0 saturated heterocycles. The summed E-state index contributed by atoms with van der Waals surface area (Å²) in [6.45, 7) is 1.86. The number of carboxylic acid groups (broad SMARTS) is 1. The second kappa shape index (κ2) is 5.19. The Morgan fingerprint density at radius 2 is 2.33 bits per heavy atom. The highest BCUT2D eigenvalue weighted by molar-refractivity contribution is 5.96. The molecule has 0 aromatic carbocycles. The number of carbonyl (C=O) groups is 2. The number of hydrogen-bond donors (Lipinski definition) is 2. The summed E-state index contributed by atoms with van der Waals surface area (Å²) in [6.07, 6.45) is 3.76. The van der Waals surface area contributed by atoms with Crippen LogP contribution in [0.4, 0.5) is 0 Å². The molecule has 1 aromatic rings. The van der Waals surface area contributed by atoms with Crippen molar-refractivity contribution in [2.45, 2.75) is 25.8 Å². The normalized spacial score (nSPS) is 12.1. The van der Waals surface area contributed by atoms with E-state index in [9.17, 15) is 9.59 Å². The van der Waals surface area contributed by atoms with Gasteiger partial charge in [0.25, 0.3) is 5.91 Å². The van der Waals surface area contributed by atoms with E-state index in [1.807, 2.05) is 6.92 Å². The number of carbonyl (C=O) groups excluding carboxylic acids is 1. The number of amides is 1. The predicted octanol–water partition coefficient (Wildman–Crippen LogP) is 1.26. The summed E-state index contributed by atoms with van der Waals surface area (Å²) >= 11 is 0. The highest BCUT2D eigenvalue weighted by atomic mass is 16.4. The first-order valence-corrected chi connectivity index (χ1v) is 4.71. The average Bonchev–Trinajstić information content (AvgIpc) is 2.69. The first-order chi connectivity index (χ1) is 7.15. The van der Waals surface area contributed by atoms with Gasteiger partial charge in [0.2, 0.25) is 0 Å². The Balaban J connectivity index is 2.59. The van der Waals surface area contributed by atoms with E-state index in [1.54, 1.807) is 0 Å². The van der Waals surface area contributed by atoms with Gasteiger partial charge in [-0.25, -0.2) is 4.79 Å². The van der Waals surface area contributed by atoms with Crippen LogP contribution in [0.25, 0.3) is 0 Å². The van der Waals surface area contributed by atoms with Gasteiger partial charge in [-0.2, -0.15) is 0 Å². The monoisotopic (exact) mass is 211 g/mol. The van der Waals surface area contributed by atoms with Crippen LogP contribution in [0, 0.1) is 0 Å². The van der Waals surface area contributed by atoms with E-state index in [0.29, 0.717) is 18.4 Å². The van der Waals surface area contributed by atoms with Crippen LogP contribution in [0.3, 0.4) is 0 Å². The van der Waals surface area contributed by atoms with Gasteiger partial charge in [-0.15, -0.1) is 0 Å². The summed E-state index contributed by atoms with van der Waals surface area (Å²) in [5.41, 5.74) is 0.331. The lowest BCUT2D eigenvalue weighted by molar-refractivity contribution is -0.139. The number of nitrogens with one attached hydrogen (secondary N) is 1. The fraction of sp³-hybridized carbons (Fsp3) is 0.400. The van der Waals surface area contributed by atoms with E-state index in [1.165, 1.54) is 18.6 Å². The van der Waals surface area contributed by atoms with Crippen molar-refractivity contribution >= 4 is 11.9 Å². The van der Waals surface area contributed by atoms with E-state index in [4.69, 9.17) is 9.52 Å². The van der Waals surface area contributed by atoms with E-state index >= 15 is 0 Å². The second-order valence-corrected chi connectivity index (χ2v) is 3.16. The fourth-order valence-corrected chi connectivity index (χ4v) is 1.18. The molecule has 1 aromatic heterocycles. The molecular formula is C10H13NO4. The highest BCUT2D eigenvalue weighted by Gasteiger charge is 2.19. The topological polar surface area (TPSA) is 79.5 Å². The van der Waals surface area contributed by atoms with Crippen LogP contribution in [0.1, 0.15) is 30.1 Å². The van der Waals surface area contributed by atoms with Crippen LogP contribution in [-0.2, 0) is 4.79 Å². The van der Waals surface area contributed by atoms with Crippen molar-refractivity contribution < 1.29 is 19.1 Å². The maximum Gasteiger partial charge on any atom is 0.326 e. The summed E-state index contributed by atoms with van der Waals surface area (Å²) in [5, 5.41) is 11.2. The fourth-order valence-electron chi connectivity index (χ4n) is 1.18. The van der Waals surface area contributed by atoms with Crippen molar-refractivity contribution in [2.75, 3.05) is 0 Å². The molecule has 0 fully saturated rings. The molecule has 2 N–H and O–H groups in total. The minimum atomic E-state index is -1.02. The number of aliphatic carboxylic acids is 1. The number of furan rings is 1. The summed E-state index contributed by atoms with van der Waals surface area (Å²) in [7, 11) is 0. The van der Waals surface area contributed by atoms with Crippen LogP contribution >= 0.6 is 0 Å². The van der Waals surface area contributed by atoms with Gasteiger partial charge >= 0.3 is 5.97 Å². The van der Waals surface area contributed by atoms with Crippen molar-refractivity contribution in [3.63, 3.8) is 0 Å². The Bertz CT molecular complexity index is 331. The molecular weight excluding hydrogens is 198 g/mol. The average molecular weight is 211 g/mol. The lowest BCUT2D eigenvalue weighted by Gasteiger charge is -2.12. The van der Waals surface area contributed by atoms with Gasteiger partial charge in [0.1, 0.15) is 12.3 Å².